The van der Waals surface area contributed by atoms with Crippen molar-refractivity contribution in [2.75, 3.05) is 13.2 Å². The molecule has 0 spiro atoms. The van der Waals surface area contributed by atoms with E-state index in [-0.39, 0.29) is 16.7 Å². The zero-order valence-electron chi connectivity index (χ0n) is 31.2. The van der Waals surface area contributed by atoms with Gasteiger partial charge in [-0.1, -0.05) is 54.6 Å². The molecule has 2 aliphatic rings. The van der Waals surface area contributed by atoms with Gasteiger partial charge in [-0.25, -0.2) is 14.4 Å². The summed E-state index contributed by atoms with van der Waals surface area (Å²) in [5.74, 6) is -5.90. The second-order valence-electron chi connectivity index (χ2n) is 12.7. The molecule has 57 heavy (non-hydrogen) atoms. The molecule has 0 radical (unpaired) electrons. The number of benzene rings is 3. The fraction of sp³-hybridized carbons (Fsp3) is 0.375. The number of ether oxygens (including phenoxy) is 10. The van der Waals surface area contributed by atoms with E-state index in [1.54, 1.807) is 54.6 Å². The van der Waals surface area contributed by atoms with Gasteiger partial charge in [0.2, 0.25) is 12.4 Å². The van der Waals surface area contributed by atoms with Crippen LogP contribution in [0.5, 0.6) is 0 Å². The molecule has 0 saturated carbocycles. The van der Waals surface area contributed by atoms with Crippen LogP contribution in [-0.4, -0.2) is 110 Å². The Labute approximate surface area is 326 Å². The van der Waals surface area contributed by atoms with Crippen LogP contribution >= 0.6 is 0 Å². The maximum atomic E-state index is 13.5. The van der Waals surface area contributed by atoms with Crippen molar-refractivity contribution in [2.45, 2.75) is 83.0 Å². The van der Waals surface area contributed by atoms with Crippen LogP contribution in [0.4, 0.5) is 0 Å². The van der Waals surface area contributed by atoms with Gasteiger partial charge < -0.3 is 47.4 Å². The van der Waals surface area contributed by atoms with Gasteiger partial charge in [0.25, 0.3) is 0 Å². The Balaban J connectivity index is 1.48. The van der Waals surface area contributed by atoms with Crippen molar-refractivity contribution in [1.82, 2.24) is 0 Å². The standard InChI is InChI=1S/C40H40O17/c1-22(41)50-31-30(55-40(53-25(4)44)35(52-24(3)43)33(31)51-23(2)42)21-49-39-34(57-38(47)28-18-12-7-13-19-28)32(56-37(46)27-16-10-6-11-17-27)29(54-39)20-48-36(45)26-14-8-5-9-15-26/h5-19,29-35,39-40H,20-21H2,1-4H3/t29-,30+,31+,32+,33-,34+,35+,39-,40+/m1/s1. The third-order valence-electron chi connectivity index (χ3n) is 8.37. The summed E-state index contributed by atoms with van der Waals surface area (Å²) >= 11 is 0. The van der Waals surface area contributed by atoms with Crippen molar-refractivity contribution in [2.24, 2.45) is 0 Å². The van der Waals surface area contributed by atoms with Crippen LogP contribution in [0.15, 0.2) is 91.0 Å². The molecule has 0 unspecified atom stereocenters. The lowest BCUT2D eigenvalue weighted by Crippen LogP contribution is -2.63. The molecule has 5 rings (SSSR count). The molecule has 0 N–H and O–H groups in total. The molecule has 0 aliphatic carbocycles. The lowest BCUT2D eigenvalue weighted by atomic mass is 9.98. The van der Waals surface area contributed by atoms with E-state index in [0.29, 0.717) is 0 Å². The topological polar surface area (TPSA) is 212 Å². The van der Waals surface area contributed by atoms with Gasteiger partial charge in [-0.2, -0.15) is 0 Å². The highest BCUT2D eigenvalue weighted by Gasteiger charge is 2.55. The van der Waals surface area contributed by atoms with Gasteiger partial charge in [0.05, 0.1) is 23.3 Å². The summed E-state index contributed by atoms with van der Waals surface area (Å²) in [5, 5.41) is 0. The summed E-state index contributed by atoms with van der Waals surface area (Å²) in [6, 6.07) is 23.8. The van der Waals surface area contributed by atoms with Crippen LogP contribution in [0.2, 0.25) is 0 Å². The summed E-state index contributed by atoms with van der Waals surface area (Å²) in [7, 11) is 0. The molecule has 302 valence electrons. The normalized spacial score (nSPS) is 25.2. The number of hydrogen-bond donors (Lipinski definition) is 0. The van der Waals surface area contributed by atoms with E-state index in [4.69, 9.17) is 47.4 Å². The van der Waals surface area contributed by atoms with Gasteiger partial charge in [-0.05, 0) is 36.4 Å². The van der Waals surface area contributed by atoms with Crippen molar-refractivity contribution >= 4 is 41.8 Å². The molecule has 3 aromatic carbocycles. The summed E-state index contributed by atoms with van der Waals surface area (Å²) in [6.45, 7) is 3.08. The van der Waals surface area contributed by atoms with Crippen molar-refractivity contribution in [3.8, 4) is 0 Å². The molecule has 2 aliphatic heterocycles. The van der Waals surface area contributed by atoms with E-state index in [1.165, 1.54) is 36.4 Å². The molecule has 0 bridgehead atoms. The van der Waals surface area contributed by atoms with E-state index < -0.39 is 110 Å². The summed E-state index contributed by atoms with van der Waals surface area (Å²) in [4.78, 5) is 88.8. The van der Waals surface area contributed by atoms with Crippen LogP contribution < -0.4 is 0 Å². The quantitative estimate of drug-likeness (QED) is 0.169. The molecule has 2 fully saturated rings. The average Bonchev–Trinajstić information content (AvgIpc) is 3.50. The molecule has 2 saturated heterocycles. The van der Waals surface area contributed by atoms with Crippen LogP contribution in [-0.2, 0) is 66.5 Å². The maximum Gasteiger partial charge on any atom is 0.338 e. The Morgan fingerprint density at radius 1 is 0.421 bits per heavy atom. The fourth-order valence-electron chi connectivity index (χ4n) is 6.01. The zero-order chi connectivity index (χ0) is 41.1. The Bertz CT molecular complexity index is 1890. The second kappa shape index (κ2) is 19.6. The first-order valence-electron chi connectivity index (χ1n) is 17.7. The number of carbonyl (C=O) groups is 7. The lowest BCUT2D eigenvalue weighted by Gasteiger charge is -2.43. The van der Waals surface area contributed by atoms with Gasteiger partial charge in [-0.15, -0.1) is 0 Å². The molecule has 2 heterocycles. The van der Waals surface area contributed by atoms with Crippen LogP contribution in [0.1, 0.15) is 58.8 Å². The maximum absolute atomic E-state index is 13.5. The molecule has 17 heteroatoms. The smallest absolute Gasteiger partial charge is 0.338 e. The number of carbonyl (C=O) groups excluding carboxylic acids is 7. The predicted octanol–water partition coefficient (Wildman–Crippen LogP) is 3.12. The molecule has 17 nitrogen and oxygen atoms in total. The Morgan fingerprint density at radius 3 is 1.28 bits per heavy atom. The van der Waals surface area contributed by atoms with Gasteiger partial charge in [0.1, 0.15) is 18.8 Å². The summed E-state index contributed by atoms with van der Waals surface area (Å²) in [6.07, 6.45) is -13.7. The molecular weight excluding hydrogens is 752 g/mol. The van der Waals surface area contributed by atoms with E-state index in [2.05, 4.69) is 0 Å². The monoisotopic (exact) mass is 792 g/mol. The van der Waals surface area contributed by atoms with Crippen LogP contribution in [0.25, 0.3) is 0 Å². The van der Waals surface area contributed by atoms with Gasteiger partial charge in [-0.3, -0.25) is 19.2 Å². The van der Waals surface area contributed by atoms with Crippen molar-refractivity contribution in [1.29, 1.82) is 0 Å². The number of hydrogen-bond acceptors (Lipinski definition) is 17. The fourth-order valence-corrected chi connectivity index (χ4v) is 6.01. The highest BCUT2D eigenvalue weighted by atomic mass is 16.8. The Kier molecular flexibility index (Phi) is 14.4. The zero-order valence-corrected chi connectivity index (χ0v) is 31.2. The van der Waals surface area contributed by atoms with Gasteiger partial charge >= 0.3 is 41.8 Å². The Morgan fingerprint density at radius 2 is 0.789 bits per heavy atom. The molecule has 0 aromatic heterocycles. The van der Waals surface area contributed by atoms with Crippen LogP contribution in [0, 0.1) is 0 Å². The highest BCUT2D eigenvalue weighted by Crippen LogP contribution is 2.33. The first-order valence-corrected chi connectivity index (χ1v) is 17.7. The third kappa shape index (κ3) is 11.4. The minimum absolute atomic E-state index is 0.124. The van der Waals surface area contributed by atoms with Gasteiger partial charge in [0, 0.05) is 27.7 Å². The number of rotatable bonds is 14. The lowest BCUT2D eigenvalue weighted by molar-refractivity contribution is -0.307. The molecule has 3 aromatic rings. The largest absolute Gasteiger partial charge is 0.459 e. The average molecular weight is 793 g/mol. The third-order valence-corrected chi connectivity index (χ3v) is 8.37. The number of esters is 7. The molecular formula is C40H40O17. The van der Waals surface area contributed by atoms with E-state index >= 15 is 0 Å². The van der Waals surface area contributed by atoms with Crippen LogP contribution in [0.3, 0.4) is 0 Å². The highest BCUT2D eigenvalue weighted by molar-refractivity contribution is 5.91. The SMILES string of the molecule is CC(=O)O[C@H]1O[C@@H](CO[C@@H]2O[C@H](COC(=O)c3ccccc3)[C@H](OC(=O)c3ccccc3)[C@@H]2OC(=O)c2ccccc2)[C@H](OC(C)=O)[C@@H](OC(C)=O)[C@@H]1OC(C)=O. The minimum Gasteiger partial charge on any atom is -0.459 e. The van der Waals surface area contributed by atoms with Crippen molar-refractivity contribution in [3.63, 3.8) is 0 Å². The summed E-state index contributed by atoms with van der Waals surface area (Å²) in [5.41, 5.74) is 0.486. The van der Waals surface area contributed by atoms with Crippen molar-refractivity contribution < 1.29 is 80.9 Å². The van der Waals surface area contributed by atoms with E-state index in [9.17, 15) is 33.6 Å². The predicted molar refractivity (Wildman–Crippen MR) is 190 cm³/mol. The van der Waals surface area contributed by atoms with Crippen molar-refractivity contribution in [3.05, 3.63) is 108 Å². The van der Waals surface area contributed by atoms with E-state index in [1.807, 2.05) is 0 Å². The minimum atomic E-state index is -1.70. The van der Waals surface area contributed by atoms with Gasteiger partial charge in [0.15, 0.2) is 30.7 Å². The Hall–Kier alpha value is -6.17. The van der Waals surface area contributed by atoms with E-state index in [0.717, 1.165) is 27.7 Å². The molecule has 0 amide bonds. The molecule has 9 atom stereocenters. The second-order valence-corrected chi connectivity index (χ2v) is 12.7. The first kappa shape index (κ1) is 42.0. The summed E-state index contributed by atoms with van der Waals surface area (Å²) < 4.78 is 57.1. The first-order chi connectivity index (χ1) is 27.3.